The summed E-state index contributed by atoms with van der Waals surface area (Å²) in [5.41, 5.74) is 7.81. The Morgan fingerprint density at radius 1 is 0.919 bits per heavy atom. The van der Waals surface area contributed by atoms with Gasteiger partial charge >= 0.3 is 0 Å². The van der Waals surface area contributed by atoms with Crippen molar-refractivity contribution in [2.24, 2.45) is 0 Å². The van der Waals surface area contributed by atoms with Gasteiger partial charge in [-0.2, -0.15) is 0 Å². The first-order valence-electron chi connectivity index (χ1n) is 12.6. The van der Waals surface area contributed by atoms with Crippen LogP contribution in [0.25, 0.3) is 5.69 Å². The van der Waals surface area contributed by atoms with Crippen molar-refractivity contribution in [1.82, 2.24) is 19.9 Å². The highest BCUT2D eigenvalue weighted by Gasteiger charge is 2.42. The number of pyridine rings is 2. The van der Waals surface area contributed by atoms with Gasteiger partial charge in [-0.3, -0.25) is 9.97 Å². The second kappa shape index (κ2) is 9.95. The number of hydrogen-bond acceptors (Lipinski definition) is 5. The second-order valence-electron chi connectivity index (χ2n) is 9.49. The Labute approximate surface area is 222 Å². The lowest BCUT2D eigenvalue weighted by atomic mass is 9.96. The molecule has 2 aliphatic heterocycles. The first-order chi connectivity index (χ1) is 18.1. The van der Waals surface area contributed by atoms with E-state index >= 15 is 0 Å². The molecular formula is C29H30N6OS. The molecule has 2 saturated heterocycles. The van der Waals surface area contributed by atoms with E-state index in [2.05, 4.69) is 81.0 Å². The molecule has 0 unspecified atom stereocenters. The SMILES string of the molecule is Cc1cc([C@@H]2[C@@H](c3ccccn3)NC(=S)N2c2ccc(N3CCOCC3)cc2)c(C)n1-c1cccnc1. The molecule has 5 heterocycles. The predicted molar refractivity (Wildman–Crippen MR) is 150 cm³/mol. The van der Waals surface area contributed by atoms with E-state index in [1.807, 2.05) is 30.6 Å². The first-order valence-corrected chi connectivity index (χ1v) is 13.1. The van der Waals surface area contributed by atoms with E-state index in [1.165, 1.54) is 11.3 Å². The van der Waals surface area contributed by atoms with Crippen molar-refractivity contribution in [3.8, 4) is 5.69 Å². The quantitative estimate of drug-likeness (QED) is 0.383. The molecule has 1 aromatic carbocycles. The lowest BCUT2D eigenvalue weighted by molar-refractivity contribution is 0.122. The van der Waals surface area contributed by atoms with E-state index in [1.54, 1.807) is 6.20 Å². The number of nitrogens with one attached hydrogen (secondary N) is 1. The lowest BCUT2D eigenvalue weighted by Gasteiger charge is -2.31. The highest BCUT2D eigenvalue weighted by Crippen LogP contribution is 2.44. The molecule has 3 aromatic heterocycles. The number of nitrogens with zero attached hydrogens (tertiary/aromatic N) is 5. The van der Waals surface area contributed by atoms with Crippen molar-refractivity contribution in [3.05, 3.63) is 102 Å². The minimum atomic E-state index is -0.0875. The number of benzene rings is 1. The third-order valence-electron chi connectivity index (χ3n) is 7.30. The van der Waals surface area contributed by atoms with Crippen LogP contribution >= 0.6 is 12.2 Å². The summed E-state index contributed by atoms with van der Waals surface area (Å²) in [7, 11) is 0. The molecule has 0 aliphatic carbocycles. The normalized spacial score (nSPS) is 19.8. The van der Waals surface area contributed by atoms with Gasteiger partial charge in [-0.25, -0.2) is 0 Å². The molecule has 37 heavy (non-hydrogen) atoms. The fraction of sp³-hybridized carbons (Fsp3) is 0.276. The lowest BCUT2D eigenvalue weighted by Crippen LogP contribution is -2.36. The van der Waals surface area contributed by atoms with Crippen LogP contribution in [0.2, 0.25) is 0 Å². The van der Waals surface area contributed by atoms with Gasteiger partial charge in [0.15, 0.2) is 5.11 Å². The molecule has 2 atom stereocenters. The Balaban J connectivity index is 1.43. The Bertz CT molecular complexity index is 1380. The molecule has 0 saturated carbocycles. The van der Waals surface area contributed by atoms with Gasteiger partial charge in [-0.1, -0.05) is 6.07 Å². The van der Waals surface area contributed by atoms with Crippen LogP contribution in [0.1, 0.15) is 34.7 Å². The van der Waals surface area contributed by atoms with Crippen LogP contribution in [-0.4, -0.2) is 46.0 Å². The van der Waals surface area contributed by atoms with Gasteiger partial charge in [0.05, 0.1) is 42.9 Å². The zero-order valence-corrected chi connectivity index (χ0v) is 21.9. The topological polar surface area (TPSA) is 58.5 Å². The van der Waals surface area contributed by atoms with Gasteiger partial charge < -0.3 is 24.4 Å². The molecule has 188 valence electrons. The molecule has 0 radical (unpaired) electrons. The molecular weight excluding hydrogens is 480 g/mol. The third-order valence-corrected chi connectivity index (χ3v) is 7.61. The molecule has 1 N–H and O–H groups in total. The molecule has 2 fully saturated rings. The number of hydrogen-bond donors (Lipinski definition) is 1. The predicted octanol–water partition coefficient (Wildman–Crippen LogP) is 4.90. The van der Waals surface area contributed by atoms with Crippen molar-refractivity contribution < 1.29 is 4.74 Å². The van der Waals surface area contributed by atoms with Crippen molar-refractivity contribution in [1.29, 1.82) is 0 Å². The number of aryl methyl sites for hydroxylation is 1. The third kappa shape index (κ3) is 4.36. The van der Waals surface area contributed by atoms with Crippen LogP contribution in [0, 0.1) is 13.8 Å². The van der Waals surface area contributed by atoms with E-state index in [4.69, 9.17) is 21.9 Å². The van der Waals surface area contributed by atoms with E-state index in [-0.39, 0.29) is 12.1 Å². The highest BCUT2D eigenvalue weighted by molar-refractivity contribution is 7.80. The van der Waals surface area contributed by atoms with Crippen LogP contribution in [0.5, 0.6) is 0 Å². The van der Waals surface area contributed by atoms with Crippen LogP contribution in [0.15, 0.2) is 79.3 Å². The largest absolute Gasteiger partial charge is 0.378 e. The van der Waals surface area contributed by atoms with E-state index < -0.39 is 0 Å². The Morgan fingerprint density at radius 3 is 2.41 bits per heavy atom. The standard InChI is InChI=1S/C29H30N6OS/c1-20-18-25(21(2)34(20)24-6-5-12-30-19-24)28-27(26-7-3-4-13-31-26)32-29(37)35(28)23-10-8-22(9-11-23)33-14-16-36-17-15-33/h3-13,18-19,27-28H,14-17H2,1-2H3,(H,32,37)/t27-,28-/m1/s1. The average Bonchev–Trinajstić information content (AvgIpc) is 3.45. The molecule has 0 bridgehead atoms. The minimum absolute atomic E-state index is 0.0618. The van der Waals surface area contributed by atoms with Crippen molar-refractivity contribution in [2.45, 2.75) is 25.9 Å². The Morgan fingerprint density at radius 2 is 1.70 bits per heavy atom. The summed E-state index contributed by atoms with van der Waals surface area (Å²) < 4.78 is 7.79. The van der Waals surface area contributed by atoms with Crippen LogP contribution in [-0.2, 0) is 4.74 Å². The number of rotatable bonds is 5. The smallest absolute Gasteiger partial charge is 0.174 e. The summed E-state index contributed by atoms with van der Waals surface area (Å²) in [5, 5.41) is 4.29. The summed E-state index contributed by atoms with van der Waals surface area (Å²) in [4.78, 5) is 13.7. The Kier molecular flexibility index (Phi) is 6.36. The molecule has 6 rings (SSSR count). The zero-order chi connectivity index (χ0) is 25.4. The summed E-state index contributed by atoms with van der Waals surface area (Å²) in [5.74, 6) is 0. The van der Waals surface area contributed by atoms with Crippen LogP contribution in [0.3, 0.4) is 0 Å². The molecule has 0 amide bonds. The molecule has 0 spiro atoms. The average molecular weight is 511 g/mol. The number of anilines is 2. The number of thiocarbonyl (C=S) groups is 1. The monoisotopic (exact) mass is 510 g/mol. The van der Waals surface area contributed by atoms with Gasteiger partial charge in [0.25, 0.3) is 0 Å². The van der Waals surface area contributed by atoms with E-state index in [0.717, 1.165) is 54.8 Å². The summed E-state index contributed by atoms with van der Waals surface area (Å²) in [6.45, 7) is 7.67. The fourth-order valence-electron chi connectivity index (χ4n) is 5.56. The summed E-state index contributed by atoms with van der Waals surface area (Å²) in [6, 6.07) is 21.0. The van der Waals surface area contributed by atoms with Crippen molar-refractivity contribution >= 4 is 28.7 Å². The maximum Gasteiger partial charge on any atom is 0.174 e. The van der Waals surface area contributed by atoms with Crippen molar-refractivity contribution in [2.75, 3.05) is 36.1 Å². The second-order valence-corrected chi connectivity index (χ2v) is 9.87. The maximum absolute atomic E-state index is 5.95. The van der Waals surface area contributed by atoms with Gasteiger partial charge in [0.2, 0.25) is 0 Å². The molecule has 2 aliphatic rings. The zero-order valence-electron chi connectivity index (χ0n) is 21.0. The Hall–Kier alpha value is -3.75. The van der Waals surface area contributed by atoms with Gasteiger partial charge in [0, 0.05) is 48.2 Å². The first kappa shape index (κ1) is 23.6. The highest BCUT2D eigenvalue weighted by atomic mass is 32.1. The van der Waals surface area contributed by atoms with E-state index in [9.17, 15) is 0 Å². The summed E-state index contributed by atoms with van der Waals surface area (Å²) >= 11 is 5.95. The van der Waals surface area contributed by atoms with Gasteiger partial charge in [0.1, 0.15) is 0 Å². The molecule has 4 aromatic rings. The van der Waals surface area contributed by atoms with Crippen molar-refractivity contribution in [3.63, 3.8) is 0 Å². The summed E-state index contributed by atoms with van der Waals surface area (Å²) in [6.07, 6.45) is 5.55. The number of aromatic nitrogens is 3. The number of morpholine rings is 1. The maximum atomic E-state index is 5.95. The van der Waals surface area contributed by atoms with Gasteiger partial charge in [-0.15, -0.1) is 0 Å². The minimum Gasteiger partial charge on any atom is -0.378 e. The van der Waals surface area contributed by atoms with Crippen LogP contribution in [0.4, 0.5) is 11.4 Å². The number of ether oxygens (including phenoxy) is 1. The van der Waals surface area contributed by atoms with Gasteiger partial charge in [-0.05, 0) is 86.2 Å². The van der Waals surface area contributed by atoms with Crippen LogP contribution < -0.4 is 15.1 Å². The molecule has 7 nitrogen and oxygen atoms in total. The molecule has 8 heteroatoms. The van der Waals surface area contributed by atoms with E-state index in [0.29, 0.717) is 5.11 Å². The fourth-order valence-corrected chi connectivity index (χ4v) is 5.91.